The zero-order valence-corrected chi connectivity index (χ0v) is 12.8. The smallest absolute Gasteiger partial charge is 0.312 e. The number of nitro benzene ring substituents is 1. The third-order valence-corrected chi connectivity index (χ3v) is 3.54. The molecule has 0 bridgehead atoms. The Balaban J connectivity index is 2.56. The van der Waals surface area contributed by atoms with E-state index in [-0.39, 0.29) is 33.6 Å². The third kappa shape index (κ3) is 3.14. The first-order chi connectivity index (χ1) is 9.91. The Bertz CT molecular complexity index is 737. The van der Waals surface area contributed by atoms with Gasteiger partial charge in [0.2, 0.25) is 5.75 Å². The largest absolute Gasteiger partial charge is 0.448 e. The molecule has 0 aromatic heterocycles. The molecule has 0 aliphatic rings. The monoisotopic (exact) mass is 369 g/mol. The minimum atomic E-state index is -0.557. The minimum Gasteiger partial charge on any atom is -0.448 e. The van der Waals surface area contributed by atoms with E-state index in [0.29, 0.717) is 4.47 Å². The molecular weight excluding hydrogens is 362 g/mol. The quantitative estimate of drug-likeness (QED) is 0.366. The van der Waals surface area contributed by atoms with E-state index >= 15 is 0 Å². The molecule has 108 valence electrons. The van der Waals surface area contributed by atoms with Crippen LogP contribution in [-0.4, -0.2) is 10.8 Å². The average molecular weight is 371 g/mol. The fraction of sp³-hybridized carbons (Fsp3) is 0. The molecular formula is C13H9BrClN3O3. The highest BCUT2D eigenvalue weighted by Crippen LogP contribution is 2.39. The van der Waals surface area contributed by atoms with E-state index in [0.717, 1.165) is 0 Å². The molecule has 2 rings (SSSR count). The molecule has 8 heteroatoms. The van der Waals surface area contributed by atoms with E-state index in [1.54, 1.807) is 18.2 Å². The average Bonchev–Trinajstić information content (AvgIpc) is 2.40. The topological polar surface area (TPSA) is 102 Å². The maximum atomic E-state index is 11.1. The normalized spacial score (nSPS) is 10.2. The number of benzene rings is 2. The minimum absolute atomic E-state index is 0.0206. The van der Waals surface area contributed by atoms with Gasteiger partial charge in [-0.25, -0.2) is 0 Å². The maximum Gasteiger partial charge on any atom is 0.312 e. The van der Waals surface area contributed by atoms with Crippen LogP contribution in [0, 0.1) is 15.5 Å². The van der Waals surface area contributed by atoms with Crippen LogP contribution in [-0.2, 0) is 0 Å². The predicted molar refractivity (Wildman–Crippen MR) is 83.3 cm³/mol. The summed E-state index contributed by atoms with van der Waals surface area (Å²) >= 11 is 9.19. The van der Waals surface area contributed by atoms with Gasteiger partial charge in [0.05, 0.1) is 20.0 Å². The fourth-order valence-electron chi connectivity index (χ4n) is 1.70. The van der Waals surface area contributed by atoms with Crippen molar-refractivity contribution in [3.63, 3.8) is 0 Å². The van der Waals surface area contributed by atoms with E-state index in [4.69, 9.17) is 27.5 Å². The molecule has 2 aromatic rings. The lowest BCUT2D eigenvalue weighted by Gasteiger charge is -2.12. The molecule has 0 saturated carbocycles. The van der Waals surface area contributed by atoms with Crippen LogP contribution in [0.4, 0.5) is 5.69 Å². The number of hydrogen-bond donors (Lipinski definition) is 2. The molecule has 6 nitrogen and oxygen atoms in total. The van der Waals surface area contributed by atoms with Crippen molar-refractivity contribution >= 4 is 39.1 Å². The zero-order chi connectivity index (χ0) is 15.6. The maximum absolute atomic E-state index is 11.1. The van der Waals surface area contributed by atoms with Crippen molar-refractivity contribution < 1.29 is 9.66 Å². The van der Waals surface area contributed by atoms with Crippen LogP contribution in [0.5, 0.6) is 11.5 Å². The zero-order valence-electron chi connectivity index (χ0n) is 10.5. The van der Waals surface area contributed by atoms with Crippen molar-refractivity contribution in [1.82, 2.24) is 0 Å². The summed E-state index contributed by atoms with van der Waals surface area (Å²) in [6, 6.07) is 9.15. The van der Waals surface area contributed by atoms with Gasteiger partial charge in [0.25, 0.3) is 0 Å². The first kappa shape index (κ1) is 15.3. The summed E-state index contributed by atoms with van der Waals surface area (Å²) in [5.74, 6) is -0.0948. The second-order valence-electron chi connectivity index (χ2n) is 3.97. The molecule has 0 fully saturated rings. The number of rotatable bonds is 4. The highest BCUT2D eigenvalue weighted by Gasteiger charge is 2.21. The molecule has 2 aromatic carbocycles. The summed E-state index contributed by atoms with van der Waals surface area (Å²) in [5.41, 5.74) is 5.45. The molecule has 0 aliphatic carbocycles. The molecule has 0 unspecified atom stereocenters. The van der Waals surface area contributed by atoms with Crippen molar-refractivity contribution in [2.24, 2.45) is 5.73 Å². The van der Waals surface area contributed by atoms with Gasteiger partial charge in [-0.1, -0.05) is 23.7 Å². The van der Waals surface area contributed by atoms with Gasteiger partial charge in [-0.3, -0.25) is 15.5 Å². The Kier molecular flexibility index (Phi) is 4.44. The van der Waals surface area contributed by atoms with Crippen LogP contribution < -0.4 is 10.5 Å². The lowest BCUT2D eigenvalue weighted by Crippen LogP contribution is -2.13. The fourth-order valence-corrected chi connectivity index (χ4v) is 2.41. The van der Waals surface area contributed by atoms with Crippen molar-refractivity contribution in [3.05, 3.63) is 61.6 Å². The van der Waals surface area contributed by atoms with E-state index in [9.17, 15) is 10.1 Å². The first-order valence-corrected chi connectivity index (χ1v) is 6.82. The number of nitrogens with two attached hydrogens (primary N) is 1. The van der Waals surface area contributed by atoms with Gasteiger partial charge in [0, 0.05) is 6.07 Å². The Morgan fingerprint density at radius 1 is 1.33 bits per heavy atom. The summed E-state index contributed by atoms with van der Waals surface area (Å²) in [7, 11) is 0. The van der Waals surface area contributed by atoms with Gasteiger partial charge >= 0.3 is 5.69 Å². The molecule has 0 atom stereocenters. The molecule has 21 heavy (non-hydrogen) atoms. The number of para-hydroxylation sites is 1. The van der Waals surface area contributed by atoms with Gasteiger partial charge in [-0.2, -0.15) is 0 Å². The molecule has 0 aliphatic heterocycles. The molecule has 0 radical (unpaired) electrons. The van der Waals surface area contributed by atoms with E-state index < -0.39 is 4.92 Å². The number of nitro groups is 1. The standard InChI is InChI=1S/C13H9BrClN3O3/c14-7-3-1-5-9(18(19)20)12(7)21-10-6-2-4-8(15)11(10)13(16)17/h1-6H,(H3,16,17). The van der Waals surface area contributed by atoms with E-state index in [1.807, 2.05) is 0 Å². The van der Waals surface area contributed by atoms with Crippen LogP contribution in [0.2, 0.25) is 5.02 Å². The van der Waals surface area contributed by atoms with Gasteiger partial charge in [0.1, 0.15) is 11.6 Å². The van der Waals surface area contributed by atoms with Gasteiger partial charge in [-0.15, -0.1) is 0 Å². The first-order valence-electron chi connectivity index (χ1n) is 5.65. The van der Waals surface area contributed by atoms with Crippen molar-refractivity contribution in [1.29, 1.82) is 5.41 Å². The Morgan fingerprint density at radius 2 is 2.00 bits per heavy atom. The van der Waals surface area contributed by atoms with Gasteiger partial charge in [-0.05, 0) is 34.1 Å². The molecule has 0 spiro atoms. The SMILES string of the molecule is N=C(N)c1c(Cl)cccc1Oc1c(Br)cccc1[N+](=O)[O-]. The van der Waals surface area contributed by atoms with Crippen molar-refractivity contribution in [3.8, 4) is 11.5 Å². The number of ether oxygens (including phenoxy) is 1. The van der Waals surface area contributed by atoms with Crippen molar-refractivity contribution in [2.45, 2.75) is 0 Å². The second-order valence-corrected chi connectivity index (χ2v) is 5.24. The lowest BCUT2D eigenvalue weighted by molar-refractivity contribution is -0.385. The van der Waals surface area contributed by atoms with Crippen LogP contribution in [0.1, 0.15) is 5.56 Å². The molecule has 0 heterocycles. The van der Waals surface area contributed by atoms with Crippen molar-refractivity contribution in [2.75, 3.05) is 0 Å². The molecule has 0 saturated heterocycles. The molecule has 0 amide bonds. The predicted octanol–water partition coefficient (Wildman–Crippen LogP) is 4.09. The third-order valence-electron chi connectivity index (χ3n) is 2.60. The highest BCUT2D eigenvalue weighted by molar-refractivity contribution is 9.10. The Morgan fingerprint density at radius 3 is 2.62 bits per heavy atom. The number of nitrogen functional groups attached to an aromatic ring is 1. The van der Waals surface area contributed by atoms with Crippen LogP contribution in [0.25, 0.3) is 0 Å². The summed E-state index contributed by atoms with van der Waals surface area (Å²) < 4.78 is 5.99. The number of nitrogens with one attached hydrogen (secondary N) is 1. The number of hydrogen-bond acceptors (Lipinski definition) is 4. The summed E-state index contributed by atoms with van der Waals surface area (Å²) in [6.45, 7) is 0. The van der Waals surface area contributed by atoms with Crippen LogP contribution in [0.3, 0.4) is 0 Å². The molecule has 3 N–H and O–H groups in total. The highest BCUT2D eigenvalue weighted by atomic mass is 79.9. The van der Waals surface area contributed by atoms with E-state index in [2.05, 4.69) is 15.9 Å². The summed E-state index contributed by atoms with van der Waals surface area (Å²) in [6.07, 6.45) is 0. The number of amidine groups is 1. The number of halogens is 2. The van der Waals surface area contributed by atoms with Crippen LogP contribution >= 0.6 is 27.5 Å². The summed E-state index contributed by atoms with van der Waals surface area (Å²) in [4.78, 5) is 10.5. The number of nitrogens with zero attached hydrogens (tertiary/aromatic N) is 1. The van der Waals surface area contributed by atoms with Crippen LogP contribution in [0.15, 0.2) is 40.9 Å². The Labute approximate surface area is 133 Å². The second kappa shape index (κ2) is 6.11. The Hall–Kier alpha value is -2.12. The van der Waals surface area contributed by atoms with E-state index in [1.165, 1.54) is 18.2 Å². The summed E-state index contributed by atoms with van der Waals surface area (Å²) in [5, 5.41) is 18.8. The van der Waals surface area contributed by atoms with Gasteiger partial charge < -0.3 is 10.5 Å². The lowest BCUT2D eigenvalue weighted by atomic mass is 10.2. The van der Waals surface area contributed by atoms with Gasteiger partial charge in [0.15, 0.2) is 0 Å².